The summed E-state index contributed by atoms with van der Waals surface area (Å²) in [5.41, 5.74) is -1.18. The number of carbonyl (C=O) groups is 3. The van der Waals surface area contributed by atoms with E-state index in [9.17, 15) is 28.7 Å². The molecule has 0 bridgehead atoms. The van der Waals surface area contributed by atoms with Crippen molar-refractivity contribution in [2.75, 3.05) is 26.2 Å². The number of carbonyl (C=O) groups excluding carboxylic acids is 3. The van der Waals surface area contributed by atoms with Gasteiger partial charge < -0.3 is 35.3 Å². The Morgan fingerprint density at radius 2 is 1.80 bits per heavy atom. The molecule has 2 aliphatic heterocycles. The highest BCUT2D eigenvalue weighted by Crippen LogP contribution is 2.33. The van der Waals surface area contributed by atoms with Crippen LogP contribution in [0.25, 0.3) is 0 Å². The lowest BCUT2D eigenvalue weighted by atomic mass is 9.93. The van der Waals surface area contributed by atoms with Crippen LogP contribution in [0.5, 0.6) is 5.75 Å². The van der Waals surface area contributed by atoms with Crippen LogP contribution >= 0.6 is 0 Å². The number of rotatable bonds is 13. The molecule has 2 aliphatic rings. The van der Waals surface area contributed by atoms with Gasteiger partial charge in [0.25, 0.3) is 11.8 Å². The number of pyridine rings is 1. The van der Waals surface area contributed by atoms with Gasteiger partial charge in [-0.25, -0.2) is 9.18 Å². The Hall–Kier alpha value is -3.97. The molecule has 1 unspecified atom stereocenters. The lowest BCUT2D eigenvalue weighted by Gasteiger charge is -2.52. The second-order valence-corrected chi connectivity index (χ2v) is 14.9. The number of halogens is 1. The average molecular weight is 685 g/mol. The first-order valence-electron chi connectivity index (χ1n) is 17.3. The number of ether oxygens (including phenoxy) is 1. The molecule has 49 heavy (non-hydrogen) atoms. The van der Waals surface area contributed by atoms with Gasteiger partial charge in [0, 0.05) is 37.9 Å². The van der Waals surface area contributed by atoms with Crippen LogP contribution in [0.3, 0.4) is 0 Å². The fourth-order valence-electron chi connectivity index (χ4n) is 6.59. The van der Waals surface area contributed by atoms with Crippen LogP contribution in [0.4, 0.5) is 9.18 Å². The van der Waals surface area contributed by atoms with Crippen molar-refractivity contribution in [3.05, 3.63) is 63.3 Å². The van der Waals surface area contributed by atoms with E-state index in [0.29, 0.717) is 24.6 Å². The maximum Gasteiger partial charge on any atom is 0.407 e. The summed E-state index contributed by atoms with van der Waals surface area (Å²) in [5.74, 6) is -1.68. The monoisotopic (exact) mass is 684 g/mol. The summed E-state index contributed by atoms with van der Waals surface area (Å²) in [5, 5.41) is 20.1. The van der Waals surface area contributed by atoms with Crippen molar-refractivity contribution in [3.63, 3.8) is 0 Å². The van der Waals surface area contributed by atoms with Crippen molar-refractivity contribution in [3.8, 4) is 5.75 Å². The van der Waals surface area contributed by atoms with Gasteiger partial charge in [0.05, 0.1) is 6.54 Å². The quantitative estimate of drug-likeness (QED) is 0.232. The molecular formula is C36H53FN6O6. The van der Waals surface area contributed by atoms with E-state index in [-0.39, 0.29) is 42.0 Å². The Morgan fingerprint density at radius 1 is 1.10 bits per heavy atom. The predicted octanol–water partition coefficient (Wildman–Crippen LogP) is 4.05. The smallest absolute Gasteiger partial charge is 0.407 e. The van der Waals surface area contributed by atoms with Crippen LogP contribution in [-0.2, 0) is 17.8 Å². The van der Waals surface area contributed by atoms with Gasteiger partial charge in [-0.05, 0) is 89.6 Å². The average Bonchev–Trinajstić information content (AvgIpc) is 3.00. The second-order valence-electron chi connectivity index (χ2n) is 14.9. The molecule has 13 heteroatoms. The topological polar surface area (TPSA) is 145 Å². The van der Waals surface area contributed by atoms with Crippen molar-refractivity contribution < 1.29 is 28.6 Å². The third-order valence-electron chi connectivity index (χ3n) is 8.83. The van der Waals surface area contributed by atoms with Gasteiger partial charge in [-0.15, -0.1) is 0 Å². The Morgan fingerprint density at radius 3 is 2.45 bits per heavy atom. The molecule has 0 spiro atoms. The first-order valence-corrected chi connectivity index (χ1v) is 17.3. The first kappa shape index (κ1) is 37.8. The molecule has 4 rings (SSSR count). The number of amides is 3. The van der Waals surface area contributed by atoms with Crippen LogP contribution in [0.1, 0.15) is 94.1 Å². The Bertz CT molecular complexity index is 1540. The Labute approximate surface area is 288 Å². The Kier molecular flexibility index (Phi) is 12.5. The van der Waals surface area contributed by atoms with E-state index < -0.39 is 40.5 Å². The van der Waals surface area contributed by atoms with Crippen LogP contribution in [0.15, 0.2) is 35.3 Å². The predicted molar refractivity (Wildman–Crippen MR) is 185 cm³/mol. The van der Waals surface area contributed by atoms with Crippen LogP contribution in [-0.4, -0.2) is 87.4 Å². The molecule has 3 heterocycles. The van der Waals surface area contributed by atoms with Crippen LogP contribution < -0.4 is 21.4 Å². The summed E-state index contributed by atoms with van der Waals surface area (Å²) in [6.45, 7) is 17.1. The standard InChI is InChI=1S/C36H53FN6O6/c1-22(2)19-41-15-13-27(16-23(3)17-38-14-12-24(4)40-35(48)49-36(5,6)7)43-29(41)21-42-20-28(31(44)32(45)30(42)34(43)47)33(46)39-18-25-8-10-26(37)11-9-25/h8-11,20,22-24,27,29,38,45H,12-19,21H2,1-7H3,(H,39,46)(H,40,48)/t23?,24-,27+,29-/m1/s1. The number of aromatic hydroxyl groups is 1. The number of alkyl carbamates (subject to hydrolysis) is 1. The van der Waals surface area contributed by atoms with Crippen molar-refractivity contribution in [2.24, 2.45) is 11.8 Å². The lowest BCUT2D eigenvalue weighted by Crippen LogP contribution is -2.65. The van der Waals surface area contributed by atoms with E-state index >= 15 is 0 Å². The molecule has 0 saturated carbocycles. The summed E-state index contributed by atoms with van der Waals surface area (Å²) in [6.07, 6.45) is 2.83. The molecule has 1 aromatic carbocycles. The van der Waals surface area contributed by atoms with E-state index in [0.717, 1.165) is 38.9 Å². The number of aromatic nitrogens is 1. The highest BCUT2D eigenvalue weighted by Gasteiger charge is 2.45. The molecule has 1 saturated heterocycles. The molecule has 2 aromatic rings. The zero-order valence-corrected chi connectivity index (χ0v) is 29.8. The molecule has 1 fully saturated rings. The maximum atomic E-state index is 14.2. The van der Waals surface area contributed by atoms with Crippen molar-refractivity contribution in [1.82, 2.24) is 30.3 Å². The van der Waals surface area contributed by atoms with Crippen molar-refractivity contribution in [2.45, 2.75) is 105 Å². The minimum absolute atomic E-state index is 0.0628. The number of hydrogen-bond donors (Lipinski definition) is 4. The molecule has 4 N–H and O–H groups in total. The molecule has 1 aromatic heterocycles. The molecule has 4 atom stereocenters. The first-order chi connectivity index (χ1) is 23.0. The van der Waals surface area contributed by atoms with Gasteiger partial charge >= 0.3 is 6.09 Å². The number of benzene rings is 1. The van der Waals surface area contributed by atoms with Crippen LogP contribution in [0, 0.1) is 17.7 Å². The van der Waals surface area contributed by atoms with Gasteiger partial charge in [-0.2, -0.15) is 0 Å². The van der Waals surface area contributed by atoms with Gasteiger partial charge in [-0.3, -0.25) is 19.3 Å². The van der Waals surface area contributed by atoms with E-state index in [1.165, 1.54) is 30.5 Å². The van der Waals surface area contributed by atoms with Gasteiger partial charge in [0.1, 0.15) is 23.1 Å². The highest BCUT2D eigenvalue weighted by molar-refractivity contribution is 5.99. The molecular weight excluding hydrogens is 631 g/mol. The van der Waals surface area contributed by atoms with Crippen molar-refractivity contribution >= 4 is 17.9 Å². The van der Waals surface area contributed by atoms with E-state index in [1.54, 1.807) is 4.57 Å². The van der Waals surface area contributed by atoms with E-state index in [2.05, 4.69) is 41.6 Å². The van der Waals surface area contributed by atoms with E-state index in [1.807, 2.05) is 32.6 Å². The lowest BCUT2D eigenvalue weighted by molar-refractivity contribution is -0.0453. The van der Waals surface area contributed by atoms with E-state index in [4.69, 9.17) is 4.74 Å². The molecule has 12 nitrogen and oxygen atoms in total. The molecule has 0 aliphatic carbocycles. The molecule has 0 radical (unpaired) electrons. The fraction of sp³-hybridized carbons (Fsp3) is 0.611. The van der Waals surface area contributed by atoms with Crippen molar-refractivity contribution in [1.29, 1.82) is 0 Å². The Balaban J connectivity index is 1.44. The van der Waals surface area contributed by atoms with Crippen LogP contribution in [0.2, 0.25) is 0 Å². The minimum atomic E-state index is -0.907. The summed E-state index contributed by atoms with van der Waals surface area (Å²) >= 11 is 0. The highest BCUT2D eigenvalue weighted by atomic mass is 19.1. The summed E-state index contributed by atoms with van der Waals surface area (Å²) in [4.78, 5) is 56.6. The van der Waals surface area contributed by atoms with Gasteiger partial charge in [0.15, 0.2) is 11.4 Å². The number of nitrogens with one attached hydrogen (secondary N) is 3. The zero-order valence-electron chi connectivity index (χ0n) is 29.8. The number of hydrogen-bond acceptors (Lipinski definition) is 8. The third kappa shape index (κ3) is 10.0. The maximum absolute atomic E-state index is 14.2. The molecule has 3 amide bonds. The second kappa shape index (κ2) is 16.2. The largest absolute Gasteiger partial charge is 0.503 e. The minimum Gasteiger partial charge on any atom is -0.503 e. The van der Waals surface area contributed by atoms with Gasteiger partial charge in [0.2, 0.25) is 5.43 Å². The summed E-state index contributed by atoms with van der Waals surface area (Å²) in [7, 11) is 0. The molecule has 270 valence electrons. The number of fused-ring (bicyclic) bond motifs is 2. The summed E-state index contributed by atoms with van der Waals surface area (Å²) < 4.78 is 20.2. The third-order valence-corrected chi connectivity index (χ3v) is 8.83. The SMILES string of the molecule is CC(C)CN1CC[C@@H](CC(C)CNCC[C@@H](C)NC(=O)OC(C)(C)C)N2C(=O)c3c(O)c(=O)c(C(=O)NCc4ccc(F)cc4)cn3C[C@H]12. The number of nitrogens with zero attached hydrogens (tertiary/aromatic N) is 3. The van der Waals surface area contributed by atoms with Gasteiger partial charge in [-0.1, -0.05) is 32.9 Å². The summed E-state index contributed by atoms with van der Waals surface area (Å²) in [6, 6.07) is 5.47. The fourth-order valence-corrected chi connectivity index (χ4v) is 6.59. The normalized spacial score (nSPS) is 19.2. The zero-order chi connectivity index (χ0) is 36.0.